The summed E-state index contributed by atoms with van der Waals surface area (Å²) in [7, 11) is 3.76. The number of likely N-dealkylation sites (tertiary alicyclic amines) is 1. The zero-order valence-electron chi connectivity index (χ0n) is 19.5. The summed E-state index contributed by atoms with van der Waals surface area (Å²) in [5.41, 5.74) is 0.615. The number of likely N-dealkylation sites (N-methyl/N-ethyl adjacent to an activating group) is 1. The van der Waals surface area contributed by atoms with E-state index in [1.165, 1.54) is 11.0 Å². The Hall–Kier alpha value is -3.39. The van der Waals surface area contributed by atoms with Crippen LogP contribution < -0.4 is 9.47 Å². The molecule has 8 heteroatoms. The van der Waals surface area contributed by atoms with Crippen LogP contribution in [-0.4, -0.2) is 67.7 Å². The van der Waals surface area contributed by atoms with Gasteiger partial charge in [0.2, 0.25) is 11.6 Å². The van der Waals surface area contributed by atoms with Crippen molar-refractivity contribution in [1.29, 1.82) is 0 Å². The van der Waals surface area contributed by atoms with Gasteiger partial charge < -0.3 is 23.7 Å². The number of ketones is 2. The third-order valence-corrected chi connectivity index (χ3v) is 5.43. The third-order valence-electron chi connectivity index (χ3n) is 5.43. The summed E-state index contributed by atoms with van der Waals surface area (Å²) in [4.78, 5) is 42.7. The van der Waals surface area contributed by atoms with Gasteiger partial charge >= 0.3 is 0 Å². The molecule has 2 heterocycles. The lowest BCUT2D eigenvalue weighted by atomic mass is 9.88. The zero-order valence-corrected chi connectivity index (χ0v) is 19.5. The van der Waals surface area contributed by atoms with Crippen LogP contribution >= 0.6 is 0 Å². The van der Waals surface area contributed by atoms with Crippen molar-refractivity contribution < 1.29 is 28.3 Å². The molecule has 1 aromatic heterocycles. The maximum absolute atomic E-state index is 13.3. The van der Waals surface area contributed by atoms with Crippen molar-refractivity contribution in [2.24, 2.45) is 5.92 Å². The summed E-state index contributed by atoms with van der Waals surface area (Å²) in [6, 6.07) is 7.62. The van der Waals surface area contributed by atoms with Crippen LogP contribution in [0.2, 0.25) is 0 Å². The number of amides is 1. The van der Waals surface area contributed by atoms with Crippen LogP contribution in [0.15, 0.2) is 47.4 Å². The second-order valence-electron chi connectivity index (χ2n) is 8.10. The Morgan fingerprint density at radius 1 is 1.18 bits per heavy atom. The van der Waals surface area contributed by atoms with E-state index in [-0.39, 0.29) is 5.76 Å². The van der Waals surface area contributed by atoms with E-state index >= 15 is 0 Å². The number of hydrogen-bond donors (Lipinski definition) is 0. The van der Waals surface area contributed by atoms with Crippen LogP contribution in [0.4, 0.5) is 0 Å². The molecule has 1 saturated heterocycles. The van der Waals surface area contributed by atoms with E-state index in [4.69, 9.17) is 13.9 Å². The number of nitrogens with zero attached hydrogens (tertiary/aromatic N) is 2. The van der Waals surface area contributed by atoms with Gasteiger partial charge in [-0.15, -0.1) is 0 Å². The molecule has 1 aromatic carbocycles. The molecule has 2 unspecified atom stereocenters. The normalized spacial score (nSPS) is 18.2. The number of benzene rings is 1. The van der Waals surface area contributed by atoms with Gasteiger partial charge in [-0.3, -0.25) is 14.4 Å². The van der Waals surface area contributed by atoms with Crippen molar-refractivity contribution in [1.82, 2.24) is 9.80 Å². The number of aryl methyl sites for hydroxylation is 1. The number of ether oxygens (including phenoxy) is 2. The molecule has 1 aliphatic heterocycles. The minimum absolute atomic E-state index is 0.0640. The molecule has 2 atom stereocenters. The van der Waals surface area contributed by atoms with Gasteiger partial charge in [0.1, 0.15) is 18.3 Å². The molecular formula is C25H30N2O6. The lowest BCUT2D eigenvalue weighted by molar-refractivity contribution is -0.140. The van der Waals surface area contributed by atoms with Crippen LogP contribution in [0.25, 0.3) is 0 Å². The fraction of sp³-hybridized carbons (Fsp3) is 0.400. The molecule has 8 nitrogen and oxygen atoms in total. The van der Waals surface area contributed by atoms with Crippen LogP contribution in [0, 0.1) is 12.8 Å². The Morgan fingerprint density at radius 2 is 1.94 bits per heavy atom. The smallest absolute Gasteiger partial charge is 0.291 e. The maximum Gasteiger partial charge on any atom is 0.291 e. The summed E-state index contributed by atoms with van der Waals surface area (Å²) in [6.45, 7) is 8.75. The van der Waals surface area contributed by atoms with Crippen LogP contribution in [0.5, 0.6) is 11.5 Å². The van der Waals surface area contributed by atoms with Gasteiger partial charge in [-0.25, -0.2) is 0 Å². The highest BCUT2D eigenvalue weighted by Gasteiger charge is 2.52. The topological polar surface area (TPSA) is 89.3 Å². The molecule has 2 aromatic rings. The van der Waals surface area contributed by atoms with E-state index in [1.807, 2.05) is 25.9 Å². The van der Waals surface area contributed by atoms with Gasteiger partial charge in [0, 0.05) is 13.1 Å². The molecule has 3 rings (SSSR count). The summed E-state index contributed by atoms with van der Waals surface area (Å²) in [6.07, 6.45) is 1.63. The first-order valence-corrected chi connectivity index (χ1v) is 10.9. The largest absolute Gasteiger partial charge is 0.490 e. The van der Waals surface area contributed by atoms with Crippen molar-refractivity contribution >= 4 is 17.5 Å². The molecule has 33 heavy (non-hydrogen) atoms. The first-order valence-electron chi connectivity index (χ1n) is 10.9. The molecule has 0 bridgehead atoms. The number of hydrogen-bond acceptors (Lipinski definition) is 7. The Bertz CT molecular complexity index is 1040. The predicted molar refractivity (Wildman–Crippen MR) is 123 cm³/mol. The first kappa shape index (κ1) is 24.3. The molecule has 0 aliphatic carbocycles. The molecule has 0 saturated carbocycles. The van der Waals surface area contributed by atoms with Gasteiger partial charge in [0.15, 0.2) is 17.3 Å². The Morgan fingerprint density at radius 3 is 2.55 bits per heavy atom. The fourth-order valence-corrected chi connectivity index (χ4v) is 3.87. The zero-order chi connectivity index (χ0) is 24.1. The van der Waals surface area contributed by atoms with E-state index in [9.17, 15) is 14.4 Å². The predicted octanol–water partition coefficient (Wildman–Crippen LogP) is 3.06. The maximum atomic E-state index is 13.3. The van der Waals surface area contributed by atoms with E-state index in [1.54, 1.807) is 37.3 Å². The SMILES string of the molecule is C=CCOc1ccc(C2C(C(=O)c3ccc(C)o3)C(=O)C(=O)N2CCN(C)C)cc1OCC. The molecule has 0 spiro atoms. The number of carbonyl (C=O) groups excluding carboxylic acids is 3. The quantitative estimate of drug-likeness (QED) is 0.223. The van der Waals surface area contributed by atoms with E-state index in [0.29, 0.717) is 49.1 Å². The summed E-state index contributed by atoms with van der Waals surface area (Å²) >= 11 is 0. The van der Waals surface area contributed by atoms with Crippen LogP contribution in [0.1, 0.15) is 34.8 Å². The Balaban J connectivity index is 2.07. The van der Waals surface area contributed by atoms with Gasteiger partial charge in [-0.05, 0) is 57.8 Å². The standard InChI is InChI=1S/C25H30N2O6/c1-6-14-32-18-11-9-17(15-20(18)31-7-2)22-21(23(28)19-10-8-16(3)33-19)24(29)25(30)27(22)13-12-26(4)5/h6,8-11,15,21-22H,1,7,12-14H2,2-5H3. The van der Waals surface area contributed by atoms with Crippen LogP contribution in [-0.2, 0) is 9.59 Å². The molecule has 1 amide bonds. The van der Waals surface area contributed by atoms with Crippen molar-refractivity contribution in [3.8, 4) is 11.5 Å². The van der Waals surface area contributed by atoms with Crippen molar-refractivity contribution in [3.63, 3.8) is 0 Å². The monoisotopic (exact) mass is 454 g/mol. The molecule has 1 aliphatic rings. The average molecular weight is 455 g/mol. The summed E-state index contributed by atoms with van der Waals surface area (Å²) in [5, 5.41) is 0. The van der Waals surface area contributed by atoms with Gasteiger partial charge in [-0.1, -0.05) is 18.7 Å². The lowest BCUT2D eigenvalue weighted by Gasteiger charge is -2.28. The highest BCUT2D eigenvalue weighted by atomic mass is 16.5. The molecule has 1 fully saturated rings. The Kier molecular flexibility index (Phi) is 7.71. The Labute approximate surface area is 193 Å². The van der Waals surface area contributed by atoms with E-state index in [2.05, 4.69) is 6.58 Å². The highest BCUT2D eigenvalue weighted by Crippen LogP contribution is 2.41. The second kappa shape index (κ2) is 10.5. The van der Waals surface area contributed by atoms with Gasteiger partial charge in [-0.2, -0.15) is 0 Å². The molecule has 176 valence electrons. The third kappa shape index (κ3) is 5.17. The van der Waals surface area contributed by atoms with E-state index < -0.39 is 29.4 Å². The van der Waals surface area contributed by atoms with E-state index in [0.717, 1.165) is 0 Å². The highest BCUT2D eigenvalue weighted by molar-refractivity contribution is 6.43. The minimum atomic E-state index is -1.21. The number of carbonyl (C=O) groups is 3. The second-order valence-corrected chi connectivity index (χ2v) is 8.10. The van der Waals surface area contributed by atoms with Gasteiger partial charge in [0.25, 0.3) is 5.91 Å². The molecular weight excluding hydrogens is 424 g/mol. The number of Topliss-reactive ketones (excluding diaryl/α,β-unsaturated/α-hetero) is 2. The summed E-state index contributed by atoms with van der Waals surface area (Å²) < 4.78 is 16.9. The summed E-state index contributed by atoms with van der Waals surface area (Å²) in [5.74, 6) is -1.52. The average Bonchev–Trinajstić information content (AvgIpc) is 3.32. The van der Waals surface area contributed by atoms with Crippen molar-refractivity contribution in [2.45, 2.75) is 19.9 Å². The van der Waals surface area contributed by atoms with Crippen molar-refractivity contribution in [2.75, 3.05) is 40.4 Å². The van der Waals surface area contributed by atoms with Gasteiger partial charge in [0.05, 0.1) is 12.6 Å². The first-order chi connectivity index (χ1) is 15.8. The molecule has 0 N–H and O–H groups in total. The molecule has 0 radical (unpaired) electrons. The minimum Gasteiger partial charge on any atom is -0.490 e. The van der Waals surface area contributed by atoms with Crippen LogP contribution in [0.3, 0.4) is 0 Å². The number of furan rings is 1. The lowest BCUT2D eigenvalue weighted by Crippen LogP contribution is -2.36. The number of rotatable bonds is 11. The van der Waals surface area contributed by atoms with Crippen molar-refractivity contribution in [3.05, 3.63) is 60.1 Å². The fourth-order valence-electron chi connectivity index (χ4n) is 3.87.